The normalized spacial score (nSPS) is 19.5. The zero-order chi connectivity index (χ0) is 14.0. The molecule has 0 radical (unpaired) electrons. The van der Waals surface area contributed by atoms with Gasteiger partial charge in [0, 0.05) is 12.1 Å². The number of hydrogen-bond acceptors (Lipinski definition) is 3. The van der Waals surface area contributed by atoms with Crippen LogP contribution in [0.4, 0.5) is 4.79 Å². The predicted molar refractivity (Wildman–Crippen MR) is 73.7 cm³/mol. The van der Waals surface area contributed by atoms with Gasteiger partial charge in [-0.05, 0) is 45.3 Å². The number of amides is 1. The molecule has 1 saturated heterocycles. The maximum atomic E-state index is 12.2. The zero-order valence-electron chi connectivity index (χ0n) is 11.8. The Hall–Kier alpha value is -1.71. The summed E-state index contributed by atoms with van der Waals surface area (Å²) in [5.74, 6) is 0. The maximum Gasteiger partial charge on any atom is 0.410 e. The van der Waals surface area contributed by atoms with Crippen LogP contribution in [0.3, 0.4) is 0 Å². The van der Waals surface area contributed by atoms with Gasteiger partial charge >= 0.3 is 6.09 Å². The molecule has 1 aromatic heterocycles. The molecular weight excluding hydrogens is 242 g/mol. The molecule has 1 fully saturated rings. The van der Waals surface area contributed by atoms with Gasteiger partial charge in [0.1, 0.15) is 5.60 Å². The fourth-order valence-electron chi connectivity index (χ4n) is 2.31. The fourth-order valence-corrected chi connectivity index (χ4v) is 2.31. The van der Waals surface area contributed by atoms with Crippen molar-refractivity contribution >= 4 is 11.7 Å². The second kappa shape index (κ2) is 5.11. The van der Waals surface area contributed by atoms with Gasteiger partial charge in [0.25, 0.3) is 0 Å². The minimum Gasteiger partial charge on any atom is -0.472 e. The molecule has 19 heavy (non-hydrogen) atoms. The van der Waals surface area contributed by atoms with E-state index in [1.54, 1.807) is 17.4 Å². The predicted octanol–water partition coefficient (Wildman–Crippen LogP) is 3.69. The lowest BCUT2D eigenvalue weighted by atomic mass is 10.0. The van der Waals surface area contributed by atoms with E-state index in [9.17, 15) is 4.79 Å². The largest absolute Gasteiger partial charge is 0.472 e. The summed E-state index contributed by atoms with van der Waals surface area (Å²) in [6, 6.07) is 1.88. The number of carbonyl (C=O) groups excluding carboxylic acids is 1. The molecule has 2 rings (SSSR count). The Morgan fingerprint density at radius 3 is 2.84 bits per heavy atom. The summed E-state index contributed by atoms with van der Waals surface area (Å²) in [5, 5.41) is 0. The molecular formula is C15H21NO3. The summed E-state index contributed by atoms with van der Waals surface area (Å²) < 4.78 is 10.5. The van der Waals surface area contributed by atoms with Gasteiger partial charge in [-0.2, -0.15) is 0 Å². The van der Waals surface area contributed by atoms with Crippen LogP contribution in [0.15, 0.2) is 29.6 Å². The Labute approximate surface area is 114 Å². The number of ether oxygens (including phenoxy) is 1. The van der Waals surface area contributed by atoms with Crippen LogP contribution in [0.25, 0.3) is 5.57 Å². The molecule has 0 N–H and O–H groups in total. The lowest BCUT2D eigenvalue weighted by Crippen LogP contribution is -2.40. The first kappa shape index (κ1) is 13.7. The molecule has 0 bridgehead atoms. The average molecular weight is 263 g/mol. The summed E-state index contributed by atoms with van der Waals surface area (Å²) in [4.78, 5) is 13.9. The monoisotopic (exact) mass is 263 g/mol. The molecule has 1 amide bonds. The number of nitrogens with zero attached hydrogens (tertiary/aromatic N) is 1. The smallest absolute Gasteiger partial charge is 0.410 e. The maximum absolute atomic E-state index is 12.2. The van der Waals surface area contributed by atoms with Crippen molar-refractivity contribution in [3.63, 3.8) is 0 Å². The third-order valence-electron chi connectivity index (χ3n) is 3.18. The summed E-state index contributed by atoms with van der Waals surface area (Å²) in [5.41, 5.74) is 1.39. The lowest BCUT2D eigenvalue weighted by molar-refractivity contribution is 0.0261. The minimum absolute atomic E-state index is 0.00690. The van der Waals surface area contributed by atoms with Gasteiger partial charge in [0.05, 0.1) is 18.6 Å². The van der Waals surface area contributed by atoms with E-state index in [0.717, 1.165) is 30.5 Å². The van der Waals surface area contributed by atoms with Gasteiger partial charge in [-0.15, -0.1) is 0 Å². The second-order valence-electron chi connectivity index (χ2n) is 5.87. The average Bonchev–Trinajstić information content (AvgIpc) is 2.97. The highest BCUT2D eigenvalue weighted by molar-refractivity contribution is 5.75. The molecule has 104 valence electrons. The number of likely N-dealkylation sites (tertiary alicyclic amines) is 1. The second-order valence-corrected chi connectivity index (χ2v) is 5.87. The summed E-state index contributed by atoms with van der Waals surface area (Å²) in [6.07, 6.45) is 4.91. The van der Waals surface area contributed by atoms with E-state index in [2.05, 4.69) is 6.58 Å². The molecule has 0 aromatic carbocycles. The quantitative estimate of drug-likeness (QED) is 0.817. The Morgan fingerprint density at radius 2 is 2.26 bits per heavy atom. The van der Waals surface area contributed by atoms with E-state index in [0.29, 0.717) is 0 Å². The molecule has 4 heteroatoms. The molecule has 0 unspecified atom stereocenters. The Balaban J connectivity index is 2.09. The van der Waals surface area contributed by atoms with Crippen molar-refractivity contribution < 1.29 is 13.9 Å². The van der Waals surface area contributed by atoms with Gasteiger partial charge in [-0.3, -0.25) is 0 Å². The summed E-state index contributed by atoms with van der Waals surface area (Å²) >= 11 is 0. The van der Waals surface area contributed by atoms with E-state index in [-0.39, 0.29) is 12.1 Å². The van der Waals surface area contributed by atoms with Crippen LogP contribution >= 0.6 is 0 Å². The number of carbonyl (C=O) groups is 1. The molecule has 2 heterocycles. The van der Waals surface area contributed by atoms with E-state index in [1.165, 1.54) is 0 Å². The standard InChI is InChI=1S/C15H21NO3/c1-11(12-7-9-18-10-12)13-6-5-8-16(13)14(17)19-15(2,3)4/h7,9-10,13H,1,5-6,8H2,2-4H3/t13-/m0/s1. The van der Waals surface area contributed by atoms with Crippen molar-refractivity contribution in [3.05, 3.63) is 30.7 Å². The number of furan rings is 1. The molecule has 1 aliphatic heterocycles. The SMILES string of the molecule is C=C(c1ccoc1)[C@@H]1CCCN1C(=O)OC(C)(C)C. The van der Waals surface area contributed by atoms with Crippen LogP contribution in [0.1, 0.15) is 39.2 Å². The number of hydrogen-bond donors (Lipinski definition) is 0. The van der Waals surface area contributed by atoms with Gasteiger partial charge in [-0.1, -0.05) is 6.58 Å². The van der Waals surface area contributed by atoms with Crippen molar-refractivity contribution in [2.24, 2.45) is 0 Å². The van der Waals surface area contributed by atoms with Crippen molar-refractivity contribution in [2.45, 2.75) is 45.3 Å². The Kier molecular flexibility index (Phi) is 3.69. The third kappa shape index (κ3) is 3.19. The van der Waals surface area contributed by atoms with Crippen LogP contribution in [-0.2, 0) is 4.74 Å². The first-order chi connectivity index (χ1) is 8.88. The van der Waals surface area contributed by atoms with Crippen LogP contribution in [0, 0.1) is 0 Å². The first-order valence-corrected chi connectivity index (χ1v) is 6.59. The van der Waals surface area contributed by atoms with Crippen LogP contribution in [0.5, 0.6) is 0 Å². The minimum atomic E-state index is -0.471. The Morgan fingerprint density at radius 1 is 1.53 bits per heavy atom. The highest BCUT2D eigenvalue weighted by Gasteiger charge is 2.34. The molecule has 1 atom stereocenters. The van der Waals surface area contributed by atoms with Crippen molar-refractivity contribution in [1.29, 1.82) is 0 Å². The van der Waals surface area contributed by atoms with Crippen molar-refractivity contribution in [1.82, 2.24) is 4.90 Å². The lowest BCUT2D eigenvalue weighted by Gasteiger charge is -2.29. The van der Waals surface area contributed by atoms with Gasteiger partial charge in [0.2, 0.25) is 0 Å². The van der Waals surface area contributed by atoms with Gasteiger partial charge in [-0.25, -0.2) is 4.79 Å². The molecule has 4 nitrogen and oxygen atoms in total. The summed E-state index contributed by atoms with van der Waals surface area (Å²) in [6.45, 7) is 10.4. The molecule has 0 aliphatic carbocycles. The highest BCUT2D eigenvalue weighted by Crippen LogP contribution is 2.30. The summed E-state index contributed by atoms with van der Waals surface area (Å²) in [7, 11) is 0. The van der Waals surface area contributed by atoms with E-state index < -0.39 is 5.60 Å². The number of rotatable bonds is 2. The van der Waals surface area contributed by atoms with E-state index in [1.807, 2.05) is 26.8 Å². The fraction of sp³-hybridized carbons (Fsp3) is 0.533. The third-order valence-corrected chi connectivity index (χ3v) is 3.18. The molecule has 1 aromatic rings. The van der Waals surface area contributed by atoms with Crippen LogP contribution in [-0.4, -0.2) is 29.2 Å². The van der Waals surface area contributed by atoms with Gasteiger partial charge < -0.3 is 14.1 Å². The molecule has 0 saturated carbocycles. The van der Waals surface area contributed by atoms with Crippen LogP contribution < -0.4 is 0 Å². The van der Waals surface area contributed by atoms with Crippen molar-refractivity contribution in [3.8, 4) is 0 Å². The molecule has 0 spiro atoms. The zero-order valence-corrected chi connectivity index (χ0v) is 11.8. The van der Waals surface area contributed by atoms with Crippen LogP contribution in [0.2, 0.25) is 0 Å². The van der Waals surface area contributed by atoms with E-state index >= 15 is 0 Å². The van der Waals surface area contributed by atoms with E-state index in [4.69, 9.17) is 9.15 Å². The molecule has 1 aliphatic rings. The first-order valence-electron chi connectivity index (χ1n) is 6.59. The van der Waals surface area contributed by atoms with Gasteiger partial charge in [0.15, 0.2) is 0 Å². The Bertz CT molecular complexity index is 456. The highest BCUT2D eigenvalue weighted by atomic mass is 16.6. The van der Waals surface area contributed by atoms with Crippen molar-refractivity contribution in [2.75, 3.05) is 6.54 Å². The topological polar surface area (TPSA) is 42.7 Å².